The Morgan fingerprint density at radius 1 is 1.10 bits per heavy atom. The zero-order valence-corrected chi connectivity index (χ0v) is 17.6. The van der Waals surface area contributed by atoms with Gasteiger partial charge in [-0.15, -0.1) is 0 Å². The highest BCUT2D eigenvalue weighted by Crippen LogP contribution is 2.32. The Balaban J connectivity index is 1.43. The van der Waals surface area contributed by atoms with Gasteiger partial charge in [-0.25, -0.2) is 4.90 Å². The smallest absolute Gasteiger partial charge is 0.263 e. The molecule has 2 atom stereocenters. The van der Waals surface area contributed by atoms with E-state index in [4.69, 9.17) is 4.74 Å². The number of hydrogen-bond donors (Lipinski definition) is 1. The number of halogens is 1. The molecule has 30 heavy (non-hydrogen) atoms. The second-order valence-corrected chi connectivity index (χ2v) is 7.60. The molecule has 4 rings (SSSR count). The third kappa shape index (κ3) is 3.78. The molecule has 0 saturated carbocycles. The van der Waals surface area contributed by atoms with Gasteiger partial charge in [0.15, 0.2) is 12.1 Å². The van der Waals surface area contributed by atoms with Crippen molar-refractivity contribution < 1.29 is 19.1 Å². The molecule has 2 aromatic rings. The lowest BCUT2D eigenvalue weighted by atomic mass is 10.1. The Kier molecular flexibility index (Phi) is 5.49. The van der Waals surface area contributed by atoms with E-state index in [9.17, 15) is 14.4 Å². The molecule has 2 aliphatic rings. The summed E-state index contributed by atoms with van der Waals surface area (Å²) in [6.07, 6.45) is 0. The molecule has 0 aromatic heterocycles. The molecular weight excluding hydrogens is 454 g/mol. The Labute approximate surface area is 180 Å². The van der Waals surface area contributed by atoms with Crippen LogP contribution in [0.3, 0.4) is 0 Å². The van der Waals surface area contributed by atoms with Gasteiger partial charge < -0.3 is 10.1 Å². The van der Waals surface area contributed by atoms with Gasteiger partial charge in [0.25, 0.3) is 11.8 Å². The van der Waals surface area contributed by atoms with Gasteiger partial charge in [0.2, 0.25) is 5.91 Å². The summed E-state index contributed by atoms with van der Waals surface area (Å²) >= 11 is 3.33. The number of rotatable bonds is 6. The topological polar surface area (TPSA) is 104 Å². The van der Waals surface area contributed by atoms with Crippen LogP contribution in [0.4, 0.5) is 11.4 Å². The second-order valence-electron chi connectivity index (χ2n) is 6.69. The molecule has 3 amide bonds. The summed E-state index contributed by atoms with van der Waals surface area (Å²) in [4.78, 5) is 39.1. The van der Waals surface area contributed by atoms with Crippen molar-refractivity contribution in [2.75, 3.05) is 23.4 Å². The Morgan fingerprint density at radius 2 is 1.80 bits per heavy atom. The number of ether oxygens (including phenoxy) is 1. The van der Waals surface area contributed by atoms with Gasteiger partial charge in [0, 0.05) is 10.2 Å². The molecular formula is C20H18BrN5O4. The van der Waals surface area contributed by atoms with Crippen LogP contribution in [0.25, 0.3) is 0 Å². The number of carbonyl (C=O) groups excluding carboxylic acids is 3. The maximum absolute atomic E-state index is 12.9. The molecule has 0 aliphatic carbocycles. The Bertz CT molecular complexity index is 1010. The van der Waals surface area contributed by atoms with Crippen molar-refractivity contribution in [2.24, 2.45) is 10.3 Å². The van der Waals surface area contributed by atoms with Crippen molar-refractivity contribution in [1.82, 2.24) is 5.01 Å². The molecule has 0 unspecified atom stereocenters. The minimum Gasteiger partial charge on any atom is -0.494 e. The summed E-state index contributed by atoms with van der Waals surface area (Å²) in [6, 6.07) is 11.9. The number of imide groups is 1. The van der Waals surface area contributed by atoms with Crippen LogP contribution in [0.1, 0.15) is 6.92 Å². The number of hydrogen-bond acceptors (Lipinski definition) is 7. The minimum atomic E-state index is -0.945. The van der Waals surface area contributed by atoms with E-state index < -0.39 is 23.9 Å². The van der Waals surface area contributed by atoms with Crippen LogP contribution in [0, 0.1) is 0 Å². The van der Waals surface area contributed by atoms with E-state index in [-0.39, 0.29) is 12.5 Å². The van der Waals surface area contributed by atoms with Gasteiger partial charge in [0.1, 0.15) is 12.3 Å². The molecule has 2 heterocycles. The highest BCUT2D eigenvalue weighted by molar-refractivity contribution is 9.10. The van der Waals surface area contributed by atoms with Gasteiger partial charge in [-0.05, 0) is 55.5 Å². The van der Waals surface area contributed by atoms with Crippen molar-refractivity contribution in [2.45, 2.75) is 19.0 Å². The van der Waals surface area contributed by atoms with E-state index in [0.717, 1.165) is 9.37 Å². The van der Waals surface area contributed by atoms with Gasteiger partial charge in [-0.1, -0.05) is 21.2 Å². The fourth-order valence-corrected chi connectivity index (χ4v) is 3.61. The molecule has 154 valence electrons. The largest absolute Gasteiger partial charge is 0.494 e. The molecule has 0 spiro atoms. The van der Waals surface area contributed by atoms with E-state index in [1.807, 2.05) is 6.92 Å². The minimum absolute atomic E-state index is 0.203. The van der Waals surface area contributed by atoms with E-state index in [2.05, 4.69) is 31.6 Å². The van der Waals surface area contributed by atoms with E-state index >= 15 is 0 Å². The van der Waals surface area contributed by atoms with Crippen LogP contribution in [0.2, 0.25) is 0 Å². The molecule has 0 radical (unpaired) electrons. The van der Waals surface area contributed by atoms with E-state index in [0.29, 0.717) is 23.7 Å². The number of amides is 3. The van der Waals surface area contributed by atoms with Crippen LogP contribution in [0.15, 0.2) is 63.3 Å². The highest BCUT2D eigenvalue weighted by atomic mass is 79.9. The summed E-state index contributed by atoms with van der Waals surface area (Å²) in [7, 11) is 0. The highest BCUT2D eigenvalue weighted by Gasteiger charge is 2.55. The number of fused-ring (bicyclic) bond motifs is 1. The molecule has 9 nitrogen and oxygen atoms in total. The third-order valence-electron chi connectivity index (χ3n) is 4.70. The predicted molar refractivity (Wildman–Crippen MR) is 112 cm³/mol. The maximum atomic E-state index is 12.9. The number of anilines is 2. The average Bonchev–Trinajstić information content (AvgIpc) is 3.24. The van der Waals surface area contributed by atoms with Crippen molar-refractivity contribution in [3.05, 3.63) is 53.0 Å². The van der Waals surface area contributed by atoms with Crippen molar-refractivity contribution in [1.29, 1.82) is 0 Å². The lowest BCUT2D eigenvalue weighted by molar-refractivity contribution is -0.123. The van der Waals surface area contributed by atoms with Gasteiger partial charge in [-0.2, -0.15) is 5.11 Å². The number of nitrogens with one attached hydrogen (secondary N) is 1. The van der Waals surface area contributed by atoms with Crippen molar-refractivity contribution >= 4 is 45.0 Å². The Hall–Kier alpha value is -3.27. The van der Waals surface area contributed by atoms with Crippen molar-refractivity contribution in [3.8, 4) is 5.75 Å². The fraction of sp³-hybridized carbons (Fsp3) is 0.250. The third-order valence-corrected chi connectivity index (χ3v) is 5.23. The lowest BCUT2D eigenvalue weighted by Gasteiger charge is -2.20. The van der Waals surface area contributed by atoms with Crippen LogP contribution < -0.4 is 15.0 Å². The predicted octanol–water partition coefficient (Wildman–Crippen LogP) is 2.78. The molecule has 10 heteroatoms. The van der Waals surface area contributed by atoms with Crippen LogP contribution in [-0.2, 0) is 14.4 Å². The van der Waals surface area contributed by atoms with Crippen LogP contribution in [-0.4, -0.2) is 48.0 Å². The zero-order chi connectivity index (χ0) is 21.3. The fourth-order valence-electron chi connectivity index (χ4n) is 3.35. The first-order chi connectivity index (χ1) is 14.5. The van der Waals surface area contributed by atoms with Crippen LogP contribution in [0.5, 0.6) is 5.75 Å². The molecule has 1 N–H and O–H groups in total. The van der Waals surface area contributed by atoms with Gasteiger partial charge in [0.05, 0.1) is 12.3 Å². The number of benzene rings is 2. The standard InChI is InChI=1S/C20H18BrN5O4/c1-2-30-15-9-5-13(6-10-15)22-16(27)11-25-18-17(23-24-25)19(28)26(20(18)29)14-7-3-12(21)4-8-14/h3-10,17-18H,2,11H2,1H3,(H,22,27)/t17-,18+/m0/s1. The average molecular weight is 472 g/mol. The lowest BCUT2D eigenvalue weighted by Crippen LogP contribution is -2.43. The van der Waals surface area contributed by atoms with E-state index in [1.165, 1.54) is 5.01 Å². The molecule has 1 saturated heterocycles. The summed E-state index contributed by atoms with van der Waals surface area (Å²) in [5.74, 6) is -0.576. The molecule has 1 fully saturated rings. The first-order valence-corrected chi connectivity index (χ1v) is 10.1. The molecule has 2 aromatic carbocycles. The monoisotopic (exact) mass is 471 g/mol. The molecule has 0 bridgehead atoms. The SMILES string of the molecule is CCOc1ccc(NC(=O)CN2N=N[C@@H]3C(=O)N(c4ccc(Br)cc4)C(=O)[C@@H]32)cc1. The van der Waals surface area contributed by atoms with Crippen LogP contribution >= 0.6 is 15.9 Å². The normalized spacial score (nSPS) is 19.9. The zero-order valence-electron chi connectivity index (χ0n) is 16.0. The number of nitrogens with zero attached hydrogens (tertiary/aromatic N) is 4. The van der Waals surface area contributed by atoms with Gasteiger partial charge >= 0.3 is 0 Å². The number of carbonyl (C=O) groups is 3. The maximum Gasteiger partial charge on any atom is 0.263 e. The van der Waals surface area contributed by atoms with Gasteiger partial charge in [-0.3, -0.25) is 19.4 Å². The van der Waals surface area contributed by atoms with E-state index in [1.54, 1.807) is 48.5 Å². The summed E-state index contributed by atoms with van der Waals surface area (Å²) in [5.41, 5.74) is 1.04. The first-order valence-electron chi connectivity index (χ1n) is 9.31. The van der Waals surface area contributed by atoms with Crippen molar-refractivity contribution in [3.63, 3.8) is 0 Å². The summed E-state index contributed by atoms with van der Waals surface area (Å²) in [5, 5.41) is 11.8. The summed E-state index contributed by atoms with van der Waals surface area (Å²) in [6.45, 7) is 2.24. The molecule has 2 aliphatic heterocycles. The quantitative estimate of drug-likeness (QED) is 0.652. The Morgan fingerprint density at radius 3 is 2.47 bits per heavy atom. The first kappa shape index (κ1) is 20.0. The second kappa shape index (κ2) is 8.23. The summed E-state index contributed by atoms with van der Waals surface area (Å²) < 4.78 is 6.20.